The number of nitrogens with one attached hydrogen (secondary N) is 2. The molecule has 27 heavy (non-hydrogen) atoms. The molecule has 152 valence electrons. The number of piperidine rings is 1. The Kier molecular flexibility index (Phi) is 8.85. The molecule has 1 aliphatic rings. The molecule has 1 aromatic heterocycles. The zero-order valence-corrected chi connectivity index (χ0v) is 17.7. The summed E-state index contributed by atoms with van der Waals surface area (Å²) in [5.74, 6) is 1.33. The van der Waals surface area contributed by atoms with E-state index in [2.05, 4.69) is 19.9 Å². The third-order valence-electron chi connectivity index (χ3n) is 4.58. The quantitative estimate of drug-likeness (QED) is 0.606. The average molecular weight is 415 g/mol. The van der Waals surface area contributed by atoms with Crippen molar-refractivity contribution >= 4 is 33.5 Å². The van der Waals surface area contributed by atoms with Gasteiger partial charge in [-0.05, 0) is 56.2 Å². The maximum Gasteiger partial charge on any atom is 0.238 e. The first kappa shape index (κ1) is 22.0. The van der Waals surface area contributed by atoms with E-state index in [-0.39, 0.29) is 11.7 Å². The number of sulfonamides is 1. The monoisotopic (exact) mass is 414 g/mol. The molecule has 1 fully saturated rings. The van der Waals surface area contributed by atoms with Crippen molar-refractivity contribution in [1.82, 2.24) is 15.0 Å². The molecule has 9 heteroatoms. The van der Waals surface area contributed by atoms with Crippen LogP contribution in [0.3, 0.4) is 0 Å². The molecule has 2 heterocycles. The van der Waals surface area contributed by atoms with E-state index in [1.54, 1.807) is 24.9 Å². The molecule has 1 aliphatic heterocycles. The number of hydrogen-bond acceptors (Lipinski definition) is 6. The van der Waals surface area contributed by atoms with Crippen LogP contribution in [0, 0.1) is 0 Å². The number of nitrogens with zero attached hydrogens (tertiary/aromatic N) is 2. The second-order valence-corrected chi connectivity index (χ2v) is 9.67. The summed E-state index contributed by atoms with van der Waals surface area (Å²) in [6.45, 7) is 3.96. The van der Waals surface area contributed by atoms with Crippen molar-refractivity contribution < 1.29 is 13.2 Å². The molecule has 0 bridgehead atoms. The number of aromatic nitrogens is 1. The van der Waals surface area contributed by atoms with Crippen LogP contribution in [-0.4, -0.2) is 56.2 Å². The molecule has 7 nitrogen and oxygen atoms in total. The fourth-order valence-electron chi connectivity index (χ4n) is 2.92. The van der Waals surface area contributed by atoms with Crippen molar-refractivity contribution in [3.05, 3.63) is 23.9 Å². The summed E-state index contributed by atoms with van der Waals surface area (Å²) >= 11 is 1.58. The van der Waals surface area contributed by atoms with Gasteiger partial charge in [0.25, 0.3) is 0 Å². The molecule has 0 spiro atoms. The highest BCUT2D eigenvalue weighted by Crippen LogP contribution is 2.17. The fraction of sp³-hybridized carbons (Fsp3) is 0.667. The van der Waals surface area contributed by atoms with Crippen molar-refractivity contribution in [3.8, 4) is 0 Å². The lowest BCUT2D eigenvalue weighted by atomic mass is 10.1. The van der Waals surface area contributed by atoms with Crippen LogP contribution in [0.2, 0.25) is 0 Å². The number of pyridine rings is 1. The second-order valence-electron chi connectivity index (χ2n) is 6.65. The van der Waals surface area contributed by atoms with Crippen LogP contribution in [-0.2, 0) is 21.4 Å². The molecule has 1 unspecified atom stereocenters. The molecule has 0 aliphatic carbocycles. The van der Waals surface area contributed by atoms with Crippen LogP contribution in [0.1, 0.15) is 38.2 Å². The summed E-state index contributed by atoms with van der Waals surface area (Å²) in [5, 5.41) is 2.82. The molecule has 2 rings (SSSR count). The van der Waals surface area contributed by atoms with Gasteiger partial charge in [-0.2, -0.15) is 11.8 Å². The Morgan fingerprint density at radius 1 is 1.30 bits per heavy atom. The normalized spacial score (nSPS) is 16.1. The lowest BCUT2D eigenvalue weighted by Crippen LogP contribution is -2.47. The molecular weight excluding hydrogens is 384 g/mol. The Balaban J connectivity index is 1.91. The van der Waals surface area contributed by atoms with Crippen molar-refractivity contribution in [2.45, 2.75) is 45.2 Å². The first-order chi connectivity index (χ1) is 12.9. The van der Waals surface area contributed by atoms with Crippen LogP contribution >= 0.6 is 11.8 Å². The van der Waals surface area contributed by atoms with E-state index in [4.69, 9.17) is 0 Å². The molecule has 1 amide bonds. The van der Waals surface area contributed by atoms with Gasteiger partial charge < -0.3 is 10.2 Å². The summed E-state index contributed by atoms with van der Waals surface area (Å²) in [5.41, 5.74) is 0.895. The van der Waals surface area contributed by atoms with Crippen LogP contribution in [0.25, 0.3) is 0 Å². The first-order valence-electron chi connectivity index (χ1n) is 9.41. The first-order valence-corrected chi connectivity index (χ1v) is 12.5. The van der Waals surface area contributed by atoms with Crippen molar-refractivity contribution in [3.63, 3.8) is 0 Å². The second kappa shape index (κ2) is 10.9. The Bertz CT molecular complexity index is 689. The number of carbonyl (C=O) groups excluding carboxylic acids is 1. The van der Waals surface area contributed by atoms with Gasteiger partial charge in [0.1, 0.15) is 11.9 Å². The van der Waals surface area contributed by atoms with Gasteiger partial charge in [0, 0.05) is 25.8 Å². The van der Waals surface area contributed by atoms with Crippen LogP contribution < -0.4 is 14.9 Å². The third-order valence-corrected chi connectivity index (χ3v) is 6.63. The number of carbonyl (C=O) groups is 1. The zero-order valence-electron chi connectivity index (χ0n) is 16.1. The lowest BCUT2D eigenvalue weighted by molar-refractivity contribution is -0.122. The van der Waals surface area contributed by atoms with E-state index in [9.17, 15) is 13.2 Å². The highest BCUT2D eigenvalue weighted by molar-refractivity contribution is 7.98. The van der Waals surface area contributed by atoms with Crippen LogP contribution in [0.5, 0.6) is 0 Å². The minimum absolute atomic E-state index is 0.0437. The Morgan fingerprint density at radius 3 is 2.63 bits per heavy atom. The van der Waals surface area contributed by atoms with E-state index in [1.165, 1.54) is 19.3 Å². The van der Waals surface area contributed by atoms with Gasteiger partial charge >= 0.3 is 0 Å². The fourth-order valence-corrected chi connectivity index (χ4v) is 4.22. The van der Waals surface area contributed by atoms with E-state index >= 15 is 0 Å². The standard InChI is InChI=1S/C18H30N4O3S2/c1-3-27(24,25)21-16(9-12-26-2)18(23)20-14-15-7-8-17(19-13-15)22-10-5-4-6-11-22/h7-8,13,16,21H,3-6,9-12,14H2,1-2H3,(H,20,23). The van der Waals surface area contributed by atoms with E-state index in [1.807, 2.05) is 18.4 Å². The van der Waals surface area contributed by atoms with Crippen molar-refractivity contribution in [1.29, 1.82) is 0 Å². The summed E-state index contributed by atoms with van der Waals surface area (Å²) in [6.07, 6.45) is 7.84. The Hall–Kier alpha value is -1.32. The van der Waals surface area contributed by atoms with Gasteiger partial charge in [-0.15, -0.1) is 0 Å². The molecular formula is C18H30N4O3S2. The number of rotatable bonds is 10. The predicted octanol–water partition coefficient (Wildman–Crippen LogP) is 1.75. The van der Waals surface area contributed by atoms with Gasteiger partial charge in [0.15, 0.2) is 0 Å². The average Bonchev–Trinajstić information content (AvgIpc) is 2.70. The number of thioether (sulfide) groups is 1. The third kappa shape index (κ3) is 7.31. The summed E-state index contributed by atoms with van der Waals surface area (Å²) < 4.78 is 26.1. The van der Waals surface area contributed by atoms with Crippen LogP contribution in [0.4, 0.5) is 5.82 Å². The Morgan fingerprint density at radius 2 is 2.04 bits per heavy atom. The maximum atomic E-state index is 12.5. The van der Waals surface area contributed by atoms with Crippen molar-refractivity contribution in [2.75, 3.05) is 35.8 Å². The SMILES string of the molecule is CCS(=O)(=O)NC(CCSC)C(=O)NCc1ccc(N2CCCCC2)nc1. The molecule has 0 radical (unpaired) electrons. The summed E-state index contributed by atoms with van der Waals surface area (Å²) in [6, 6.07) is 3.20. The highest BCUT2D eigenvalue weighted by Gasteiger charge is 2.23. The molecule has 0 saturated carbocycles. The molecule has 0 aromatic carbocycles. The largest absolute Gasteiger partial charge is 0.357 e. The number of anilines is 1. The highest BCUT2D eigenvalue weighted by atomic mass is 32.2. The summed E-state index contributed by atoms with van der Waals surface area (Å²) in [7, 11) is -3.43. The number of amides is 1. The molecule has 1 aromatic rings. The van der Waals surface area contributed by atoms with Gasteiger partial charge in [0.05, 0.1) is 5.75 Å². The van der Waals surface area contributed by atoms with Gasteiger partial charge in [0.2, 0.25) is 15.9 Å². The van der Waals surface area contributed by atoms with Gasteiger partial charge in [-0.1, -0.05) is 6.07 Å². The van der Waals surface area contributed by atoms with Crippen LogP contribution in [0.15, 0.2) is 18.3 Å². The maximum absolute atomic E-state index is 12.5. The topological polar surface area (TPSA) is 91.4 Å². The molecule has 2 N–H and O–H groups in total. The van der Waals surface area contributed by atoms with Crippen molar-refractivity contribution in [2.24, 2.45) is 0 Å². The van der Waals surface area contributed by atoms with Gasteiger partial charge in [-0.25, -0.2) is 18.1 Å². The van der Waals surface area contributed by atoms with E-state index < -0.39 is 16.1 Å². The molecule has 1 atom stereocenters. The minimum Gasteiger partial charge on any atom is -0.357 e. The zero-order chi connectivity index (χ0) is 19.7. The smallest absolute Gasteiger partial charge is 0.238 e. The lowest BCUT2D eigenvalue weighted by Gasteiger charge is -2.27. The summed E-state index contributed by atoms with van der Waals surface area (Å²) in [4.78, 5) is 19.2. The molecule has 1 saturated heterocycles. The van der Waals surface area contributed by atoms with E-state index in [0.29, 0.717) is 18.7 Å². The minimum atomic E-state index is -3.43. The number of hydrogen-bond donors (Lipinski definition) is 2. The predicted molar refractivity (Wildman–Crippen MR) is 112 cm³/mol. The van der Waals surface area contributed by atoms with E-state index in [0.717, 1.165) is 24.5 Å². The van der Waals surface area contributed by atoms with Gasteiger partial charge in [-0.3, -0.25) is 4.79 Å². The Labute approximate surface area is 166 Å².